The maximum Gasteiger partial charge on any atom is 0.0982 e. The molecule has 0 amide bonds. The summed E-state index contributed by atoms with van der Waals surface area (Å²) in [6.45, 7) is 6.68. The molecule has 0 aliphatic heterocycles. The van der Waals surface area contributed by atoms with E-state index in [9.17, 15) is 5.11 Å². The molecule has 0 radical (unpaired) electrons. The number of aliphatic hydroxyl groups is 1. The van der Waals surface area contributed by atoms with E-state index in [0.717, 1.165) is 10.7 Å². The first-order chi connectivity index (χ1) is 9.50. The van der Waals surface area contributed by atoms with Crippen LogP contribution < -0.4 is 5.32 Å². The molecule has 1 atom stereocenters. The Morgan fingerprint density at radius 3 is 2.45 bits per heavy atom. The van der Waals surface area contributed by atoms with E-state index in [-0.39, 0.29) is 18.1 Å². The quantitative estimate of drug-likeness (QED) is 0.831. The highest BCUT2D eigenvalue weighted by atomic mass is 32.1. The number of aromatic nitrogens is 1. The highest BCUT2D eigenvalue weighted by Crippen LogP contribution is 2.28. The first kappa shape index (κ1) is 15.9. The predicted octanol–water partition coefficient (Wildman–Crippen LogP) is 3.79. The Hall–Kier alpha value is -0.450. The molecule has 1 unspecified atom stereocenters. The van der Waals surface area contributed by atoms with Gasteiger partial charge in [0.2, 0.25) is 0 Å². The molecule has 1 heterocycles. The third-order valence-electron chi connectivity index (χ3n) is 4.00. The molecule has 0 aromatic carbocycles. The Morgan fingerprint density at radius 1 is 1.30 bits per heavy atom. The number of hydrogen-bond donors (Lipinski definition) is 2. The zero-order chi connectivity index (χ0) is 14.6. The average Bonchev–Trinajstić information content (AvgIpc) is 2.75. The zero-order valence-corrected chi connectivity index (χ0v) is 13.8. The lowest BCUT2D eigenvalue weighted by Crippen LogP contribution is -2.34. The van der Waals surface area contributed by atoms with Crippen molar-refractivity contribution in [3.8, 4) is 0 Å². The SMILES string of the molecule is CC(C)(C)c1nc(C(CO)NC2CCCCCC2)cs1. The van der Waals surface area contributed by atoms with Crippen molar-refractivity contribution < 1.29 is 5.11 Å². The maximum atomic E-state index is 9.69. The van der Waals surface area contributed by atoms with Gasteiger partial charge in [0.1, 0.15) is 0 Å². The standard InChI is InChI=1S/C16H28N2OS/c1-16(2,3)15-18-14(11-20-15)13(10-19)17-12-8-6-4-5-7-9-12/h11-13,17,19H,4-10H2,1-3H3. The van der Waals surface area contributed by atoms with Gasteiger partial charge < -0.3 is 10.4 Å². The molecular formula is C16H28N2OS. The van der Waals surface area contributed by atoms with E-state index < -0.39 is 0 Å². The van der Waals surface area contributed by atoms with Crippen LogP contribution in [0.15, 0.2) is 5.38 Å². The van der Waals surface area contributed by atoms with Crippen LogP contribution in [0.5, 0.6) is 0 Å². The lowest BCUT2D eigenvalue weighted by molar-refractivity contribution is 0.226. The summed E-state index contributed by atoms with van der Waals surface area (Å²) in [5.41, 5.74) is 1.09. The van der Waals surface area contributed by atoms with Gasteiger partial charge in [0, 0.05) is 16.8 Å². The van der Waals surface area contributed by atoms with Crippen LogP contribution >= 0.6 is 11.3 Å². The summed E-state index contributed by atoms with van der Waals surface area (Å²) in [4.78, 5) is 4.74. The lowest BCUT2D eigenvalue weighted by Gasteiger charge is -2.22. The molecule has 2 N–H and O–H groups in total. The van der Waals surface area contributed by atoms with Crippen molar-refractivity contribution in [3.05, 3.63) is 16.1 Å². The van der Waals surface area contributed by atoms with E-state index in [1.807, 2.05) is 0 Å². The number of rotatable bonds is 4. The third-order valence-corrected chi connectivity index (χ3v) is 5.28. The number of hydrogen-bond acceptors (Lipinski definition) is 4. The van der Waals surface area contributed by atoms with Gasteiger partial charge in [0.15, 0.2) is 0 Å². The number of nitrogens with one attached hydrogen (secondary N) is 1. The van der Waals surface area contributed by atoms with Crippen LogP contribution in [0.25, 0.3) is 0 Å². The van der Waals surface area contributed by atoms with Crippen LogP contribution in [0.2, 0.25) is 0 Å². The van der Waals surface area contributed by atoms with Gasteiger partial charge in [-0.15, -0.1) is 11.3 Å². The van der Waals surface area contributed by atoms with Gasteiger partial charge in [-0.2, -0.15) is 0 Å². The highest BCUT2D eigenvalue weighted by Gasteiger charge is 2.23. The van der Waals surface area contributed by atoms with Crippen LogP contribution in [0, 0.1) is 0 Å². The Labute approximate surface area is 126 Å². The molecule has 1 aliphatic rings. The minimum Gasteiger partial charge on any atom is -0.394 e. The summed E-state index contributed by atoms with van der Waals surface area (Å²) in [5, 5.41) is 16.6. The average molecular weight is 296 g/mol. The van der Waals surface area contributed by atoms with Gasteiger partial charge in [-0.1, -0.05) is 46.5 Å². The van der Waals surface area contributed by atoms with Crippen molar-refractivity contribution in [2.24, 2.45) is 0 Å². The van der Waals surface area contributed by atoms with Crippen molar-refractivity contribution in [2.75, 3.05) is 6.61 Å². The van der Waals surface area contributed by atoms with E-state index in [1.54, 1.807) is 11.3 Å². The van der Waals surface area contributed by atoms with Crippen LogP contribution in [0.4, 0.5) is 0 Å². The summed E-state index contributed by atoms with van der Waals surface area (Å²) in [6, 6.07) is 0.528. The largest absolute Gasteiger partial charge is 0.394 e. The van der Waals surface area contributed by atoms with Crippen molar-refractivity contribution in [3.63, 3.8) is 0 Å². The van der Waals surface area contributed by atoms with Gasteiger partial charge in [-0.25, -0.2) is 4.98 Å². The number of thiazole rings is 1. The second-order valence-corrected chi connectivity index (χ2v) is 7.78. The Bertz CT molecular complexity index is 403. The molecule has 1 aliphatic carbocycles. The first-order valence-electron chi connectivity index (χ1n) is 7.83. The summed E-state index contributed by atoms with van der Waals surface area (Å²) in [6.07, 6.45) is 7.78. The minimum absolute atomic E-state index is 0.00884. The van der Waals surface area contributed by atoms with Crippen LogP contribution in [0.3, 0.4) is 0 Å². The van der Waals surface area contributed by atoms with E-state index in [4.69, 9.17) is 4.98 Å². The van der Waals surface area contributed by atoms with E-state index in [1.165, 1.54) is 38.5 Å². The predicted molar refractivity (Wildman–Crippen MR) is 85.3 cm³/mol. The minimum atomic E-state index is -0.00884. The fourth-order valence-corrected chi connectivity index (χ4v) is 3.71. The summed E-state index contributed by atoms with van der Waals surface area (Å²) in [7, 11) is 0. The van der Waals surface area contributed by atoms with E-state index in [0.29, 0.717) is 6.04 Å². The topological polar surface area (TPSA) is 45.2 Å². The van der Waals surface area contributed by atoms with Gasteiger partial charge in [-0.05, 0) is 12.8 Å². The van der Waals surface area contributed by atoms with E-state index in [2.05, 4.69) is 31.5 Å². The molecule has 1 saturated carbocycles. The molecule has 1 aromatic heterocycles. The third kappa shape index (κ3) is 4.27. The van der Waals surface area contributed by atoms with E-state index >= 15 is 0 Å². The summed E-state index contributed by atoms with van der Waals surface area (Å²) >= 11 is 1.70. The van der Waals surface area contributed by atoms with Crippen LogP contribution in [-0.2, 0) is 5.41 Å². The molecule has 1 aromatic rings. The summed E-state index contributed by atoms with van der Waals surface area (Å²) < 4.78 is 0. The Balaban J connectivity index is 2.02. The normalized spacial score (nSPS) is 19.8. The smallest absolute Gasteiger partial charge is 0.0982 e. The Kier molecular flexibility index (Phi) is 5.58. The molecule has 0 spiro atoms. The van der Waals surface area contributed by atoms with Crippen molar-refractivity contribution >= 4 is 11.3 Å². The van der Waals surface area contributed by atoms with Crippen LogP contribution in [-0.4, -0.2) is 22.7 Å². The number of aliphatic hydroxyl groups excluding tert-OH is 1. The summed E-state index contributed by atoms with van der Waals surface area (Å²) in [5.74, 6) is 0. The lowest BCUT2D eigenvalue weighted by atomic mass is 9.98. The van der Waals surface area contributed by atoms with Gasteiger partial charge in [0.25, 0.3) is 0 Å². The molecule has 4 heteroatoms. The molecule has 114 valence electrons. The molecule has 2 rings (SSSR count). The maximum absolute atomic E-state index is 9.69. The molecular weight excluding hydrogens is 268 g/mol. The molecule has 0 saturated heterocycles. The molecule has 3 nitrogen and oxygen atoms in total. The fourth-order valence-electron chi connectivity index (χ4n) is 2.75. The molecule has 20 heavy (non-hydrogen) atoms. The monoisotopic (exact) mass is 296 g/mol. The molecule has 0 bridgehead atoms. The van der Waals surface area contributed by atoms with Crippen molar-refractivity contribution in [1.29, 1.82) is 0 Å². The zero-order valence-electron chi connectivity index (χ0n) is 13.0. The highest BCUT2D eigenvalue weighted by molar-refractivity contribution is 7.09. The van der Waals surface area contributed by atoms with Crippen LogP contribution in [0.1, 0.15) is 76.0 Å². The van der Waals surface area contributed by atoms with Gasteiger partial charge in [-0.3, -0.25) is 0 Å². The van der Waals surface area contributed by atoms with Gasteiger partial charge in [0.05, 0.1) is 23.4 Å². The van der Waals surface area contributed by atoms with Crippen molar-refractivity contribution in [2.45, 2.75) is 76.8 Å². The number of nitrogens with zero attached hydrogens (tertiary/aromatic N) is 1. The fraction of sp³-hybridized carbons (Fsp3) is 0.812. The molecule has 1 fully saturated rings. The van der Waals surface area contributed by atoms with Crippen molar-refractivity contribution in [1.82, 2.24) is 10.3 Å². The van der Waals surface area contributed by atoms with Gasteiger partial charge >= 0.3 is 0 Å². The second kappa shape index (κ2) is 7.01. The first-order valence-corrected chi connectivity index (χ1v) is 8.71. The second-order valence-electron chi connectivity index (χ2n) is 6.92. The Morgan fingerprint density at radius 2 is 1.95 bits per heavy atom.